The van der Waals surface area contributed by atoms with E-state index in [1.807, 2.05) is 19.1 Å². The summed E-state index contributed by atoms with van der Waals surface area (Å²) in [6, 6.07) is 15.9. The van der Waals surface area contributed by atoms with Gasteiger partial charge in [-0.3, -0.25) is 4.79 Å². The van der Waals surface area contributed by atoms with Crippen LogP contribution in [0.4, 0.5) is 17.2 Å². The summed E-state index contributed by atoms with van der Waals surface area (Å²) in [5.74, 6) is 0.922. The highest BCUT2D eigenvalue weighted by Gasteiger charge is 2.10. The molecule has 132 valence electrons. The highest BCUT2D eigenvalue weighted by Crippen LogP contribution is 2.20. The molecule has 26 heavy (non-hydrogen) atoms. The fourth-order valence-corrected chi connectivity index (χ4v) is 2.45. The van der Waals surface area contributed by atoms with Crippen molar-refractivity contribution in [2.24, 2.45) is 0 Å². The number of hydrogen-bond acceptors (Lipinski definition) is 5. The van der Waals surface area contributed by atoms with Crippen LogP contribution in [0.2, 0.25) is 5.02 Å². The summed E-state index contributed by atoms with van der Waals surface area (Å²) < 4.78 is 5.38. The summed E-state index contributed by atoms with van der Waals surface area (Å²) in [6.45, 7) is 2.51. The third-order valence-corrected chi connectivity index (χ3v) is 3.66. The molecule has 1 amide bonds. The standard InChI is InChI=1S/C19H17ClN4O2/c1-2-26-16-8-6-14(7-9-16)24-19(25)17-11-18(22-12-21-17)23-15-5-3-4-13(20)10-15/h3-12H,2H2,1H3,(H,24,25)(H,21,22,23). The van der Waals surface area contributed by atoms with Crippen LogP contribution >= 0.6 is 11.6 Å². The molecule has 0 aliphatic carbocycles. The molecule has 0 aliphatic rings. The lowest BCUT2D eigenvalue weighted by Gasteiger charge is -2.09. The van der Waals surface area contributed by atoms with Gasteiger partial charge >= 0.3 is 0 Å². The van der Waals surface area contributed by atoms with E-state index < -0.39 is 0 Å². The Morgan fingerprint density at radius 1 is 1.08 bits per heavy atom. The molecule has 2 N–H and O–H groups in total. The fraction of sp³-hybridized carbons (Fsp3) is 0.105. The van der Waals surface area contributed by atoms with Crippen molar-refractivity contribution >= 4 is 34.7 Å². The van der Waals surface area contributed by atoms with Crippen molar-refractivity contribution in [3.8, 4) is 5.75 Å². The molecule has 0 spiro atoms. The maximum atomic E-state index is 12.4. The van der Waals surface area contributed by atoms with E-state index in [0.29, 0.717) is 23.1 Å². The summed E-state index contributed by atoms with van der Waals surface area (Å²) in [5, 5.41) is 6.50. The summed E-state index contributed by atoms with van der Waals surface area (Å²) in [5.41, 5.74) is 1.67. The number of carbonyl (C=O) groups excluding carboxylic acids is 1. The molecule has 0 saturated carbocycles. The largest absolute Gasteiger partial charge is 0.494 e. The van der Waals surface area contributed by atoms with E-state index in [4.69, 9.17) is 16.3 Å². The lowest BCUT2D eigenvalue weighted by Crippen LogP contribution is -2.14. The minimum Gasteiger partial charge on any atom is -0.494 e. The van der Waals surface area contributed by atoms with Gasteiger partial charge in [0.1, 0.15) is 23.6 Å². The normalized spacial score (nSPS) is 10.2. The number of carbonyl (C=O) groups is 1. The number of anilines is 3. The Morgan fingerprint density at radius 2 is 1.88 bits per heavy atom. The number of aromatic nitrogens is 2. The number of halogens is 1. The Hall–Kier alpha value is -3.12. The summed E-state index contributed by atoms with van der Waals surface area (Å²) in [6.07, 6.45) is 1.33. The predicted molar refractivity (Wildman–Crippen MR) is 102 cm³/mol. The minimum atomic E-state index is -0.328. The van der Waals surface area contributed by atoms with Crippen LogP contribution in [0.15, 0.2) is 60.9 Å². The molecule has 1 heterocycles. The van der Waals surface area contributed by atoms with E-state index >= 15 is 0 Å². The van der Waals surface area contributed by atoms with Crippen LogP contribution in [0.1, 0.15) is 17.4 Å². The molecule has 0 bridgehead atoms. The zero-order valence-electron chi connectivity index (χ0n) is 14.1. The first kappa shape index (κ1) is 17.7. The van der Waals surface area contributed by atoms with Crippen molar-refractivity contribution in [3.63, 3.8) is 0 Å². The Morgan fingerprint density at radius 3 is 2.62 bits per heavy atom. The molecule has 7 heteroatoms. The van der Waals surface area contributed by atoms with Crippen molar-refractivity contribution in [1.29, 1.82) is 0 Å². The van der Waals surface area contributed by atoms with Gasteiger partial charge in [0.05, 0.1) is 6.61 Å². The molecule has 3 aromatic rings. The van der Waals surface area contributed by atoms with Gasteiger partial charge in [0, 0.05) is 22.5 Å². The van der Waals surface area contributed by atoms with Gasteiger partial charge in [0.15, 0.2) is 0 Å². The van der Waals surface area contributed by atoms with E-state index in [-0.39, 0.29) is 11.6 Å². The van der Waals surface area contributed by atoms with Crippen molar-refractivity contribution in [1.82, 2.24) is 9.97 Å². The van der Waals surface area contributed by atoms with Gasteiger partial charge < -0.3 is 15.4 Å². The van der Waals surface area contributed by atoms with Crippen LogP contribution in [0.3, 0.4) is 0 Å². The number of amides is 1. The number of benzene rings is 2. The van der Waals surface area contributed by atoms with Gasteiger partial charge in [-0.05, 0) is 49.4 Å². The monoisotopic (exact) mass is 368 g/mol. The Bertz CT molecular complexity index is 900. The zero-order valence-corrected chi connectivity index (χ0v) is 14.8. The van der Waals surface area contributed by atoms with E-state index in [1.54, 1.807) is 42.5 Å². The van der Waals surface area contributed by atoms with Gasteiger partial charge in [0.25, 0.3) is 5.91 Å². The maximum absolute atomic E-state index is 12.4. The molecular formula is C19H17ClN4O2. The molecule has 0 aliphatic heterocycles. The molecule has 0 saturated heterocycles. The van der Waals surface area contributed by atoms with E-state index in [0.717, 1.165) is 11.4 Å². The zero-order chi connectivity index (χ0) is 18.4. The first-order chi connectivity index (χ1) is 12.6. The molecular weight excluding hydrogens is 352 g/mol. The molecule has 3 rings (SSSR count). The van der Waals surface area contributed by atoms with E-state index in [9.17, 15) is 4.79 Å². The van der Waals surface area contributed by atoms with Crippen molar-refractivity contribution in [3.05, 3.63) is 71.6 Å². The molecule has 1 aromatic heterocycles. The summed E-state index contributed by atoms with van der Waals surface area (Å²) in [4.78, 5) is 20.6. The molecule has 2 aromatic carbocycles. The number of ether oxygens (including phenoxy) is 1. The van der Waals surface area contributed by atoms with Gasteiger partial charge in [0.2, 0.25) is 0 Å². The molecule has 6 nitrogen and oxygen atoms in total. The first-order valence-corrected chi connectivity index (χ1v) is 8.40. The summed E-state index contributed by atoms with van der Waals surface area (Å²) >= 11 is 5.97. The van der Waals surface area contributed by atoms with E-state index in [1.165, 1.54) is 6.33 Å². The lowest BCUT2D eigenvalue weighted by atomic mass is 10.2. The van der Waals surface area contributed by atoms with Crippen molar-refractivity contribution < 1.29 is 9.53 Å². The minimum absolute atomic E-state index is 0.249. The van der Waals surface area contributed by atoms with Gasteiger partial charge in [-0.1, -0.05) is 17.7 Å². The quantitative estimate of drug-likeness (QED) is 0.668. The van der Waals surface area contributed by atoms with Gasteiger partial charge in [-0.15, -0.1) is 0 Å². The molecule has 0 fully saturated rings. The van der Waals surface area contributed by atoms with Crippen LogP contribution in [0, 0.1) is 0 Å². The molecule has 0 atom stereocenters. The van der Waals surface area contributed by atoms with Crippen LogP contribution < -0.4 is 15.4 Å². The smallest absolute Gasteiger partial charge is 0.274 e. The Labute approximate surface area is 156 Å². The second-order valence-electron chi connectivity index (χ2n) is 5.34. The van der Waals surface area contributed by atoms with Crippen LogP contribution in [0.25, 0.3) is 0 Å². The van der Waals surface area contributed by atoms with Crippen LogP contribution in [-0.2, 0) is 0 Å². The second-order valence-corrected chi connectivity index (χ2v) is 5.77. The number of nitrogens with one attached hydrogen (secondary N) is 2. The average molecular weight is 369 g/mol. The highest BCUT2D eigenvalue weighted by molar-refractivity contribution is 6.30. The number of nitrogens with zero attached hydrogens (tertiary/aromatic N) is 2. The maximum Gasteiger partial charge on any atom is 0.274 e. The predicted octanol–water partition coefficient (Wildman–Crippen LogP) is 4.52. The third-order valence-electron chi connectivity index (χ3n) is 3.42. The van der Waals surface area contributed by atoms with Gasteiger partial charge in [-0.2, -0.15) is 0 Å². The van der Waals surface area contributed by atoms with E-state index in [2.05, 4.69) is 20.6 Å². The second kappa shape index (κ2) is 8.31. The lowest BCUT2D eigenvalue weighted by molar-refractivity contribution is 0.102. The Kier molecular flexibility index (Phi) is 5.66. The molecule has 0 radical (unpaired) electrons. The average Bonchev–Trinajstić information content (AvgIpc) is 2.64. The third kappa shape index (κ3) is 4.70. The SMILES string of the molecule is CCOc1ccc(NC(=O)c2cc(Nc3cccc(Cl)c3)ncn2)cc1. The fourth-order valence-electron chi connectivity index (χ4n) is 2.26. The molecule has 0 unspecified atom stereocenters. The Balaban J connectivity index is 1.69. The van der Waals surface area contributed by atoms with Crippen LogP contribution in [0.5, 0.6) is 5.75 Å². The topological polar surface area (TPSA) is 76.1 Å². The van der Waals surface area contributed by atoms with Crippen LogP contribution in [-0.4, -0.2) is 22.5 Å². The van der Waals surface area contributed by atoms with Crippen molar-refractivity contribution in [2.45, 2.75) is 6.92 Å². The highest BCUT2D eigenvalue weighted by atomic mass is 35.5. The summed E-state index contributed by atoms with van der Waals surface area (Å²) in [7, 11) is 0. The number of hydrogen-bond donors (Lipinski definition) is 2. The number of rotatable bonds is 6. The van der Waals surface area contributed by atoms with Gasteiger partial charge in [-0.25, -0.2) is 9.97 Å². The first-order valence-electron chi connectivity index (χ1n) is 8.03. The van der Waals surface area contributed by atoms with Crippen molar-refractivity contribution in [2.75, 3.05) is 17.2 Å².